The standard InChI is InChI=1S/C38H49N7O10/c1-3-27(24-46)53-32(50-2)25-52-31(48)11-5-10-30(47)39-13-14-43-15-17-45(18-16-43)38(49)54-28-8-4-7-26(23-28)35-41-33-29-9-6-12-40-37(29)55-34(33)36(42-35)44-19-21-51-22-20-44/h4,6-9,12,23,27,32,46H,3,5,10-11,13-22,24-25H2,1-2H3,(H,39,47). The van der Waals surface area contributed by atoms with E-state index in [4.69, 9.17) is 38.1 Å². The zero-order valence-corrected chi connectivity index (χ0v) is 31.3. The van der Waals surface area contributed by atoms with Gasteiger partial charge >= 0.3 is 12.1 Å². The van der Waals surface area contributed by atoms with E-state index in [0.29, 0.717) is 118 Å². The minimum Gasteiger partial charge on any atom is -0.460 e. The first-order chi connectivity index (χ1) is 26.8. The summed E-state index contributed by atoms with van der Waals surface area (Å²) >= 11 is 0. The Balaban J connectivity index is 0.935. The minimum absolute atomic E-state index is 0.0868. The molecule has 2 amide bonds. The fraction of sp³-hybridized carbons (Fsp3) is 0.526. The molecule has 6 rings (SSSR count). The highest BCUT2D eigenvalue weighted by atomic mass is 16.7. The predicted octanol–water partition coefficient (Wildman–Crippen LogP) is 2.98. The molecule has 3 aromatic heterocycles. The summed E-state index contributed by atoms with van der Waals surface area (Å²) in [6, 6.07) is 11.0. The van der Waals surface area contributed by atoms with E-state index in [9.17, 15) is 19.5 Å². The fourth-order valence-electron chi connectivity index (χ4n) is 6.32. The number of aromatic nitrogens is 3. The number of furan rings is 1. The number of nitrogens with one attached hydrogen (secondary N) is 1. The van der Waals surface area contributed by atoms with Crippen LogP contribution in [0.25, 0.3) is 33.6 Å². The lowest BCUT2D eigenvalue weighted by atomic mass is 10.2. The van der Waals surface area contributed by atoms with Crippen molar-refractivity contribution in [2.24, 2.45) is 0 Å². The third-order valence-electron chi connectivity index (χ3n) is 9.49. The van der Waals surface area contributed by atoms with Crippen LogP contribution < -0.4 is 15.0 Å². The summed E-state index contributed by atoms with van der Waals surface area (Å²) < 4.78 is 33.4. The highest BCUT2D eigenvalue weighted by Gasteiger charge is 2.25. The zero-order chi connectivity index (χ0) is 38.6. The number of hydrogen-bond donors (Lipinski definition) is 2. The smallest absolute Gasteiger partial charge is 0.415 e. The van der Waals surface area contributed by atoms with Gasteiger partial charge < -0.3 is 48.3 Å². The number of piperazine rings is 1. The Bertz CT molecular complexity index is 1890. The maximum Gasteiger partial charge on any atom is 0.415 e. The first-order valence-corrected chi connectivity index (χ1v) is 18.7. The number of fused-ring (bicyclic) bond motifs is 3. The van der Waals surface area contributed by atoms with Crippen LogP contribution in [0.4, 0.5) is 10.6 Å². The summed E-state index contributed by atoms with van der Waals surface area (Å²) in [5.74, 6) is 0.924. The molecule has 17 nitrogen and oxygen atoms in total. The molecule has 2 unspecified atom stereocenters. The number of morpholine rings is 1. The molecular weight excluding hydrogens is 714 g/mol. The number of ether oxygens (including phenoxy) is 5. The Labute approximate surface area is 318 Å². The molecule has 4 aromatic rings. The molecule has 0 saturated carbocycles. The molecule has 2 saturated heterocycles. The van der Waals surface area contributed by atoms with Gasteiger partial charge in [0.15, 0.2) is 23.5 Å². The van der Waals surface area contributed by atoms with Gasteiger partial charge in [0.2, 0.25) is 11.6 Å². The topological polar surface area (TPSA) is 191 Å². The van der Waals surface area contributed by atoms with Crippen molar-refractivity contribution in [2.45, 2.75) is 45.0 Å². The van der Waals surface area contributed by atoms with Gasteiger partial charge in [0, 0.05) is 84.1 Å². The van der Waals surface area contributed by atoms with Crippen molar-refractivity contribution < 1.29 is 47.6 Å². The maximum atomic E-state index is 13.2. The second kappa shape index (κ2) is 19.6. The van der Waals surface area contributed by atoms with Gasteiger partial charge in [0.1, 0.15) is 17.9 Å². The largest absolute Gasteiger partial charge is 0.460 e. The molecule has 0 spiro atoms. The van der Waals surface area contributed by atoms with Gasteiger partial charge in [-0.05, 0) is 37.1 Å². The predicted molar refractivity (Wildman–Crippen MR) is 200 cm³/mol. The summed E-state index contributed by atoms with van der Waals surface area (Å²) in [4.78, 5) is 57.8. The first kappa shape index (κ1) is 39.7. The van der Waals surface area contributed by atoms with Crippen molar-refractivity contribution in [3.8, 4) is 17.1 Å². The van der Waals surface area contributed by atoms with Crippen molar-refractivity contribution >= 4 is 46.0 Å². The van der Waals surface area contributed by atoms with Crippen molar-refractivity contribution in [2.75, 3.05) is 90.8 Å². The molecule has 2 atom stereocenters. The Morgan fingerprint density at radius 2 is 1.84 bits per heavy atom. The van der Waals surface area contributed by atoms with E-state index in [1.54, 1.807) is 23.2 Å². The number of carbonyl (C=O) groups is 3. The first-order valence-electron chi connectivity index (χ1n) is 18.7. The Kier molecular flexibility index (Phi) is 14.2. The number of amides is 2. The third-order valence-corrected chi connectivity index (χ3v) is 9.49. The summed E-state index contributed by atoms with van der Waals surface area (Å²) in [7, 11) is 1.44. The van der Waals surface area contributed by atoms with Crippen LogP contribution >= 0.6 is 0 Å². The van der Waals surface area contributed by atoms with Crippen molar-refractivity contribution in [3.05, 3.63) is 42.6 Å². The molecule has 0 aliphatic carbocycles. The van der Waals surface area contributed by atoms with Crippen molar-refractivity contribution in [1.82, 2.24) is 30.1 Å². The Hall–Kier alpha value is -4.94. The number of hydrogen-bond acceptors (Lipinski definition) is 15. The lowest BCUT2D eigenvalue weighted by molar-refractivity contribution is -0.194. The molecule has 55 heavy (non-hydrogen) atoms. The Morgan fingerprint density at radius 3 is 2.60 bits per heavy atom. The molecular formula is C38H49N7O10. The molecule has 5 heterocycles. The van der Waals surface area contributed by atoms with Crippen molar-refractivity contribution in [1.29, 1.82) is 0 Å². The minimum atomic E-state index is -0.769. The second-order valence-corrected chi connectivity index (χ2v) is 13.2. The Morgan fingerprint density at radius 1 is 1.02 bits per heavy atom. The summed E-state index contributed by atoms with van der Waals surface area (Å²) in [6.45, 7) is 7.41. The number of esters is 1. The normalized spacial score (nSPS) is 16.3. The zero-order valence-electron chi connectivity index (χ0n) is 31.3. The van der Waals surface area contributed by atoms with Gasteiger partial charge in [0.25, 0.3) is 0 Å². The van der Waals surface area contributed by atoms with E-state index < -0.39 is 24.5 Å². The van der Waals surface area contributed by atoms with E-state index >= 15 is 0 Å². The summed E-state index contributed by atoms with van der Waals surface area (Å²) in [6.07, 6.45) is 1.29. The van der Waals surface area contributed by atoms with Gasteiger partial charge in [-0.1, -0.05) is 19.1 Å². The van der Waals surface area contributed by atoms with Gasteiger partial charge in [-0.3, -0.25) is 14.5 Å². The van der Waals surface area contributed by atoms with Gasteiger partial charge in [-0.2, -0.15) is 0 Å². The number of pyridine rings is 1. The molecule has 2 N–H and O–H groups in total. The summed E-state index contributed by atoms with van der Waals surface area (Å²) in [5.41, 5.74) is 2.42. The van der Waals surface area contributed by atoms with Crippen molar-refractivity contribution in [3.63, 3.8) is 0 Å². The molecule has 2 fully saturated rings. The van der Waals surface area contributed by atoms with Gasteiger partial charge in [0.05, 0.1) is 31.3 Å². The second-order valence-electron chi connectivity index (χ2n) is 13.2. The average Bonchev–Trinajstić information content (AvgIpc) is 3.60. The van der Waals surface area contributed by atoms with Crippen LogP contribution in [0.1, 0.15) is 32.6 Å². The highest BCUT2D eigenvalue weighted by molar-refractivity contribution is 6.05. The number of carbonyl (C=O) groups excluding carboxylic acids is 3. The lowest BCUT2D eigenvalue weighted by Gasteiger charge is -2.34. The van der Waals surface area contributed by atoms with Gasteiger partial charge in [-0.25, -0.2) is 19.7 Å². The molecule has 296 valence electrons. The van der Waals surface area contributed by atoms with Crippen LogP contribution in [0.2, 0.25) is 0 Å². The lowest BCUT2D eigenvalue weighted by Crippen LogP contribution is -2.51. The SMILES string of the molecule is CCC(CO)OC(COC(=O)CCCC(=O)NCCN1CCN(C(=O)Oc2cccc(-c3nc(N4CCOCC4)c4oc5ncccc5c4n3)c2)CC1)OC. The number of methoxy groups -OCH3 is 1. The molecule has 2 aliphatic heterocycles. The van der Waals surface area contributed by atoms with Crippen LogP contribution in [0.15, 0.2) is 47.0 Å². The van der Waals surface area contributed by atoms with E-state index in [0.717, 1.165) is 5.39 Å². The van der Waals surface area contributed by atoms with Gasteiger partial charge in [-0.15, -0.1) is 0 Å². The number of nitrogens with zero attached hydrogens (tertiary/aromatic N) is 6. The quantitative estimate of drug-likeness (QED) is 0.118. The van der Waals surface area contributed by atoms with E-state index in [1.807, 2.05) is 31.2 Å². The molecule has 17 heteroatoms. The monoisotopic (exact) mass is 763 g/mol. The third kappa shape index (κ3) is 10.6. The number of rotatable bonds is 17. The number of aliphatic hydroxyl groups is 1. The van der Waals surface area contributed by atoms with E-state index in [2.05, 4.69) is 20.1 Å². The summed E-state index contributed by atoms with van der Waals surface area (Å²) in [5, 5.41) is 13.0. The fourth-order valence-corrected chi connectivity index (χ4v) is 6.32. The van der Waals surface area contributed by atoms with Crippen LogP contribution in [0.3, 0.4) is 0 Å². The number of benzene rings is 1. The van der Waals surface area contributed by atoms with Crippen LogP contribution in [-0.2, 0) is 28.5 Å². The number of anilines is 1. The number of aliphatic hydroxyl groups excluding tert-OH is 1. The van der Waals surface area contributed by atoms with Crippen LogP contribution in [0.5, 0.6) is 5.75 Å². The molecule has 0 radical (unpaired) electrons. The molecule has 0 bridgehead atoms. The maximum absolute atomic E-state index is 13.2. The average molecular weight is 764 g/mol. The van der Waals surface area contributed by atoms with Crippen LogP contribution in [0, 0.1) is 0 Å². The highest BCUT2D eigenvalue weighted by Crippen LogP contribution is 2.35. The molecule has 2 aliphatic rings. The van der Waals surface area contributed by atoms with Crippen LogP contribution in [-0.4, -0.2) is 146 Å². The van der Waals surface area contributed by atoms with E-state index in [-0.39, 0.29) is 32.0 Å². The van der Waals surface area contributed by atoms with E-state index in [1.165, 1.54) is 7.11 Å². The molecule has 1 aromatic carbocycles.